The van der Waals surface area contributed by atoms with Crippen LogP contribution >= 0.6 is 15.9 Å². The number of halogens is 1. The van der Waals surface area contributed by atoms with Gasteiger partial charge in [0.1, 0.15) is 23.0 Å². The fourth-order valence-corrected chi connectivity index (χ4v) is 2.38. The number of esters is 1. The minimum atomic E-state index is -0.522. The maximum atomic E-state index is 11.9. The number of carbonyl (C=O) groups excluding carboxylic acids is 2. The molecule has 0 atom stereocenters. The minimum Gasteiger partial charge on any atom is -0.486 e. The van der Waals surface area contributed by atoms with Crippen molar-refractivity contribution in [3.8, 4) is 5.75 Å². The lowest BCUT2D eigenvalue weighted by atomic mass is 10.1. The van der Waals surface area contributed by atoms with Crippen LogP contribution in [0.15, 0.2) is 22.7 Å². The van der Waals surface area contributed by atoms with Crippen molar-refractivity contribution in [3.63, 3.8) is 0 Å². The molecule has 0 unspecified atom stereocenters. The van der Waals surface area contributed by atoms with Gasteiger partial charge in [0.2, 0.25) is 0 Å². The number of hydrogen-bond acceptors (Lipinski definition) is 5. The van der Waals surface area contributed by atoms with Crippen molar-refractivity contribution in [3.05, 3.63) is 28.2 Å². The highest BCUT2D eigenvalue weighted by molar-refractivity contribution is 9.10. The fraction of sp³-hybridized carbons (Fsp3) is 0.500. The Kier molecular flexibility index (Phi) is 5.19. The van der Waals surface area contributed by atoms with Crippen molar-refractivity contribution in [2.75, 3.05) is 20.2 Å². The Bertz CT molecular complexity index is 605. The predicted molar refractivity (Wildman–Crippen MR) is 87.7 cm³/mol. The summed E-state index contributed by atoms with van der Waals surface area (Å²) in [4.78, 5) is 25.2. The SMILES string of the molecule is COC(=O)c1ccc(Br)cc1OC1CN(C(=O)OC(C)(C)C)C1. The lowest BCUT2D eigenvalue weighted by molar-refractivity contribution is -0.0225. The molecule has 1 amide bonds. The normalized spacial score (nSPS) is 14.9. The zero-order valence-corrected chi connectivity index (χ0v) is 15.2. The largest absolute Gasteiger partial charge is 0.486 e. The molecule has 1 aromatic rings. The molecule has 1 heterocycles. The van der Waals surface area contributed by atoms with Gasteiger partial charge in [0.25, 0.3) is 0 Å². The van der Waals surface area contributed by atoms with Gasteiger partial charge in [-0.3, -0.25) is 0 Å². The van der Waals surface area contributed by atoms with Crippen molar-refractivity contribution < 1.29 is 23.8 Å². The third-order valence-corrected chi connectivity index (χ3v) is 3.64. The van der Waals surface area contributed by atoms with E-state index in [0.717, 1.165) is 4.47 Å². The first kappa shape index (κ1) is 17.6. The van der Waals surface area contributed by atoms with Crippen molar-refractivity contribution in [1.29, 1.82) is 0 Å². The van der Waals surface area contributed by atoms with Crippen LogP contribution in [0.4, 0.5) is 4.79 Å². The molecule has 0 saturated carbocycles. The second-order valence-electron chi connectivity index (χ2n) is 6.26. The number of ether oxygens (including phenoxy) is 3. The summed E-state index contributed by atoms with van der Waals surface area (Å²) in [5.74, 6) is -0.0316. The summed E-state index contributed by atoms with van der Waals surface area (Å²) in [6.07, 6.45) is -0.542. The third-order valence-electron chi connectivity index (χ3n) is 3.14. The lowest BCUT2D eigenvalue weighted by Crippen LogP contribution is -2.57. The van der Waals surface area contributed by atoms with Crippen LogP contribution in [0.3, 0.4) is 0 Å². The zero-order chi connectivity index (χ0) is 17.2. The van der Waals surface area contributed by atoms with E-state index in [9.17, 15) is 9.59 Å². The van der Waals surface area contributed by atoms with Crippen molar-refractivity contribution >= 4 is 28.0 Å². The summed E-state index contributed by atoms with van der Waals surface area (Å²) in [5.41, 5.74) is -0.169. The molecule has 0 bridgehead atoms. The molecule has 23 heavy (non-hydrogen) atoms. The van der Waals surface area contributed by atoms with E-state index in [2.05, 4.69) is 15.9 Å². The molecule has 0 aromatic heterocycles. The van der Waals surface area contributed by atoms with Crippen LogP contribution in [-0.4, -0.2) is 48.9 Å². The molecule has 1 aliphatic heterocycles. The highest BCUT2D eigenvalue weighted by Gasteiger charge is 2.35. The Labute approximate surface area is 143 Å². The number of rotatable bonds is 3. The molecule has 0 N–H and O–H groups in total. The average Bonchev–Trinajstić information content (AvgIpc) is 2.39. The summed E-state index contributed by atoms with van der Waals surface area (Å²) < 4.78 is 16.6. The van der Waals surface area contributed by atoms with Gasteiger partial charge in [0, 0.05) is 4.47 Å². The number of likely N-dealkylation sites (tertiary alicyclic amines) is 1. The number of carbonyl (C=O) groups is 2. The van der Waals surface area contributed by atoms with Gasteiger partial charge >= 0.3 is 12.1 Å². The fourth-order valence-electron chi connectivity index (χ4n) is 2.04. The lowest BCUT2D eigenvalue weighted by Gasteiger charge is -2.39. The summed E-state index contributed by atoms with van der Waals surface area (Å²) in [6, 6.07) is 5.09. The Balaban J connectivity index is 1.97. The second kappa shape index (κ2) is 6.78. The number of hydrogen-bond donors (Lipinski definition) is 0. The summed E-state index contributed by atoms with van der Waals surface area (Å²) in [5, 5.41) is 0. The highest BCUT2D eigenvalue weighted by atomic mass is 79.9. The molecular formula is C16H20BrNO5. The van der Waals surface area contributed by atoms with Gasteiger partial charge in [0.05, 0.1) is 20.2 Å². The first-order valence-corrected chi connectivity index (χ1v) is 8.01. The van der Waals surface area contributed by atoms with Crippen LogP contribution in [0.5, 0.6) is 5.75 Å². The molecule has 1 saturated heterocycles. The monoisotopic (exact) mass is 385 g/mol. The van der Waals surface area contributed by atoms with E-state index in [0.29, 0.717) is 24.4 Å². The first-order chi connectivity index (χ1) is 10.7. The Morgan fingerprint density at radius 2 is 1.91 bits per heavy atom. The van der Waals surface area contributed by atoms with E-state index in [4.69, 9.17) is 14.2 Å². The van der Waals surface area contributed by atoms with E-state index in [1.807, 2.05) is 20.8 Å². The van der Waals surface area contributed by atoms with Crippen LogP contribution in [0, 0.1) is 0 Å². The molecule has 0 radical (unpaired) electrons. The van der Waals surface area contributed by atoms with E-state index in [1.54, 1.807) is 23.1 Å². The molecule has 126 valence electrons. The van der Waals surface area contributed by atoms with Crippen LogP contribution < -0.4 is 4.74 Å². The molecule has 0 spiro atoms. The number of benzene rings is 1. The van der Waals surface area contributed by atoms with Gasteiger partial charge < -0.3 is 19.1 Å². The quantitative estimate of drug-likeness (QED) is 0.747. The number of methoxy groups -OCH3 is 1. The van der Waals surface area contributed by atoms with Crippen molar-refractivity contribution in [2.24, 2.45) is 0 Å². The second-order valence-corrected chi connectivity index (χ2v) is 7.17. The smallest absolute Gasteiger partial charge is 0.410 e. The average molecular weight is 386 g/mol. The number of amides is 1. The van der Waals surface area contributed by atoms with Crippen LogP contribution in [0.1, 0.15) is 31.1 Å². The molecule has 1 fully saturated rings. The van der Waals surface area contributed by atoms with Gasteiger partial charge in [0.15, 0.2) is 0 Å². The highest BCUT2D eigenvalue weighted by Crippen LogP contribution is 2.27. The van der Waals surface area contributed by atoms with Gasteiger partial charge in [-0.2, -0.15) is 0 Å². The Morgan fingerprint density at radius 3 is 2.48 bits per heavy atom. The predicted octanol–water partition coefficient (Wildman–Crippen LogP) is 3.23. The molecule has 2 rings (SSSR count). The minimum absolute atomic E-state index is 0.180. The van der Waals surface area contributed by atoms with Crippen LogP contribution in [0.2, 0.25) is 0 Å². The summed E-state index contributed by atoms with van der Waals surface area (Å²) in [6.45, 7) is 6.30. The number of nitrogens with zero attached hydrogens (tertiary/aromatic N) is 1. The van der Waals surface area contributed by atoms with E-state index < -0.39 is 11.6 Å². The molecule has 6 nitrogen and oxygen atoms in total. The first-order valence-electron chi connectivity index (χ1n) is 7.22. The molecular weight excluding hydrogens is 366 g/mol. The van der Waals surface area contributed by atoms with Gasteiger partial charge in [-0.1, -0.05) is 15.9 Å². The van der Waals surface area contributed by atoms with E-state index in [-0.39, 0.29) is 12.2 Å². The Morgan fingerprint density at radius 1 is 1.26 bits per heavy atom. The maximum Gasteiger partial charge on any atom is 0.410 e. The topological polar surface area (TPSA) is 65.1 Å². The molecule has 7 heteroatoms. The summed E-state index contributed by atoms with van der Waals surface area (Å²) >= 11 is 3.35. The summed E-state index contributed by atoms with van der Waals surface area (Å²) in [7, 11) is 1.32. The molecule has 1 aliphatic rings. The zero-order valence-electron chi connectivity index (χ0n) is 13.6. The van der Waals surface area contributed by atoms with Gasteiger partial charge in [-0.25, -0.2) is 9.59 Å². The van der Waals surface area contributed by atoms with Crippen LogP contribution in [0.25, 0.3) is 0 Å². The van der Waals surface area contributed by atoms with E-state index in [1.165, 1.54) is 7.11 Å². The molecule has 1 aromatic carbocycles. The van der Waals surface area contributed by atoms with Gasteiger partial charge in [-0.15, -0.1) is 0 Å². The van der Waals surface area contributed by atoms with Crippen molar-refractivity contribution in [2.45, 2.75) is 32.5 Å². The van der Waals surface area contributed by atoms with Crippen molar-refractivity contribution in [1.82, 2.24) is 4.90 Å². The van der Waals surface area contributed by atoms with Gasteiger partial charge in [-0.05, 0) is 39.0 Å². The molecule has 0 aliphatic carbocycles. The van der Waals surface area contributed by atoms with Crippen LogP contribution in [-0.2, 0) is 9.47 Å². The third kappa shape index (κ3) is 4.60. The Hall–Kier alpha value is -1.76. The van der Waals surface area contributed by atoms with E-state index >= 15 is 0 Å². The standard InChI is InChI=1S/C16H20BrNO5/c1-16(2,3)23-15(20)18-8-11(9-18)22-13-7-10(17)5-6-12(13)14(19)21-4/h5-7,11H,8-9H2,1-4H3. The maximum absolute atomic E-state index is 11.9.